The molecule has 1 aliphatic rings. The van der Waals surface area contributed by atoms with Crippen molar-refractivity contribution in [2.24, 2.45) is 0 Å². The molecule has 16 heavy (non-hydrogen) atoms. The van der Waals surface area contributed by atoms with Gasteiger partial charge in [-0.1, -0.05) is 18.2 Å². The Kier molecular flexibility index (Phi) is 3.20. The van der Waals surface area contributed by atoms with Crippen molar-refractivity contribution in [3.8, 4) is 0 Å². The van der Waals surface area contributed by atoms with Crippen LogP contribution in [0.25, 0.3) is 0 Å². The normalized spacial score (nSPS) is 21.0. The van der Waals surface area contributed by atoms with Gasteiger partial charge < -0.3 is 10.2 Å². The van der Waals surface area contributed by atoms with Crippen LogP contribution < -0.4 is 10.2 Å². The molecule has 1 N–H and O–H groups in total. The number of para-hydroxylation sites is 1. The van der Waals surface area contributed by atoms with Crippen LogP contribution in [0.4, 0.5) is 5.69 Å². The summed E-state index contributed by atoms with van der Waals surface area (Å²) in [6.07, 6.45) is 1.19. The third kappa shape index (κ3) is 1.71. The van der Waals surface area contributed by atoms with Crippen LogP contribution in [0, 0.1) is 0 Å². The maximum atomic E-state index is 3.34. The van der Waals surface area contributed by atoms with E-state index in [1.54, 1.807) is 0 Å². The van der Waals surface area contributed by atoms with Gasteiger partial charge in [0, 0.05) is 24.3 Å². The van der Waals surface area contributed by atoms with E-state index in [1.165, 1.54) is 23.2 Å². The lowest BCUT2D eigenvalue weighted by Gasteiger charge is -2.27. The van der Waals surface area contributed by atoms with Gasteiger partial charge in [0.05, 0.1) is 0 Å². The summed E-state index contributed by atoms with van der Waals surface area (Å²) < 4.78 is 0. The molecule has 2 atom stereocenters. The van der Waals surface area contributed by atoms with E-state index in [0.717, 1.165) is 6.54 Å². The number of anilines is 1. The van der Waals surface area contributed by atoms with Crippen molar-refractivity contribution < 1.29 is 0 Å². The quantitative estimate of drug-likeness (QED) is 0.839. The molecule has 1 aromatic rings. The molecule has 88 valence electrons. The largest absolute Gasteiger partial charge is 0.368 e. The molecule has 2 heteroatoms. The Balaban J connectivity index is 2.47. The summed E-state index contributed by atoms with van der Waals surface area (Å²) in [5, 5.41) is 3.34. The number of likely N-dealkylation sites (N-methyl/N-ethyl adjacent to an activating group) is 1. The minimum absolute atomic E-state index is 0.425. The summed E-state index contributed by atoms with van der Waals surface area (Å²) in [6, 6.07) is 7.78. The third-order valence-electron chi connectivity index (χ3n) is 3.73. The summed E-state index contributed by atoms with van der Waals surface area (Å²) in [7, 11) is 2.03. The van der Waals surface area contributed by atoms with Gasteiger partial charge in [-0.2, -0.15) is 0 Å². The van der Waals surface area contributed by atoms with Crippen LogP contribution in [-0.4, -0.2) is 19.6 Å². The SMILES string of the molecule is CCN1c2c(cccc2C(C)NC)CC1C. The standard InChI is InChI=1S/C14H22N2/c1-5-16-10(2)9-12-7-6-8-13(14(12)16)11(3)15-4/h6-8,10-11,15H,5,9H2,1-4H3. The molecular formula is C14H22N2. The molecule has 0 aromatic heterocycles. The summed E-state index contributed by atoms with van der Waals surface area (Å²) >= 11 is 0. The van der Waals surface area contributed by atoms with Crippen molar-refractivity contribution in [2.45, 2.75) is 39.3 Å². The van der Waals surface area contributed by atoms with E-state index in [9.17, 15) is 0 Å². The molecule has 0 saturated carbocycles. The fraction of sp³-hybridized carbons (Fsp3) is 0.571. The lowest BCUT2D eigenvalue weighted by Crippen LogP contribution is -2.30. The van der Waals surface area contributed by atoms with Crippen LogP contribution in [-0.2, 0) is 6.42 Å². The highest BCUT2D eigenvalue weighted by atomic mass is 15.2. The van der Waals surface area contributed by atoms with Crippen LogP contribution in [0.3, 0.4) is 0 Å². The Morgan fingerprint density at radius 2 is 2.25 bits per heavy atom. The molecular weight excluding hydrogens is 196 g/mol. The van der Waals surface area contributed by atoms with Crippen molar-refractivity contribution in [3.05, 3.63) is 29.3 Å². The zero-order chi connectivity index (χ0) is 11.7. The van der Waals surface area contributed by atoms with Crippen LogP contribution >= 0.6 is 0 Å². The van der Waals surface area contributed by atoms with Crippen LogP contribution in [0.5, 0.6) is 0 Å². The molecule has 0 amide bonds. The van der Waals surface area contributed by atoms with Gasteiger partial charge >= 0.3 is 0 Å². The fourth-order valence-electron chi connectivity index (χ4n) is 2.75. The molecule has 0 aliphatic carbocycles. The highest BCUT2D eigenvalue weighted by Crippen LogP contribution is 2.37. The second-order valence-corrected chi connectivity index (χ2v) is 4.70. The minimum Gasteiger partial charge on any atom is -0.368 e. The Morgan fingerprint density at radius 1 is 1.50 bits per heavy atom. The fourth-order valence-corrected chi connectivity index (χ4v) is 2.75. The number of hydrogen-bond donors (Lipinski definition) is 1. The van der Waals surface area contributed by atoms with Gasteiger partial charge in [-0.15, -0.1) is 0 Å². The van der Waals surface area contributed by atoms with E-state index in [-0.39, 0.29) is 0 Å². The number of hydrogen-bond acceptors (Lipinski definition) is 2. The maximum absolute atomic E-state index is 3.34. The predicted octanol–water partition coefficient (Wildman–Crippen LogP) is 2.74. The first kappa shape index (κ1) is 11.5. The summed E-state index contributed by atoms with van der Waals surface area (Å²) in [4.78, 5) is 2.53. The highest BCUT2D eigenvalue weighted by molar-refractivity contribution is 5.65. The van der Waals surface area contributed by atoms with Gasteiger partial charge in [-0.3, -0.25) is 0 Å². The second-order valence-electron chi connectivity index (χ2n) is 4.70. The molecule has 1 aromatic carbocycles. The number of nitrogens with zero attached hydrogens (tertiary/aromatic N) is 1. The molecule has 1 heterocycles. The molecule has 0 saturated heterocycles. The highest BCUT2D eigenvalue weighted by Gasteiger charge is 2.27. The topological polar surface area (TPSA) is 15.3 Å². The van der Waals surface area contributed by atoms with Gasteiger partial charge in [0.25, 0.3) is 0 Å². The van der Waals surface area contributed by atoms with E-state index < -0.39 is 0 Å². The number of fused-ring (bicyclic) bond motifs is 1. The zero-order valence-electron chi connectivity index (χ0n) is 10.7. The Morgan fingerprint density at radius 3 is 2.88 bits per heavy atom. The number of nitrogens with one attached hydrogen (secondary N) is 1. The average Bonchev–Trinajstić information content (AvgIpc) is 2.63. The van der Waals surface area contributed by atoms with E-state index in [4.69, 9.17) is 0 Å². The number of rotatable bonds is 3. The molecule has 0 bridgehead atoms. The Labute approximate surface area is 98.7 Å². The number of benzene rings is 1. The lowest BCUT2D eigenvalue weighted by molar-refractivity contribution is 0.642. The Hall–Kier alpha value is -1.02. The molecule has 0 radical (unpaired) electrons. The van der Waals surface area contributed by atoms with Crippen molar-refractivity contribution in [1.29, 1.82) is 0 Å². The summed E-state index contributed by atoms with van der Waals surface area (Å²) in [5.74, 6) is 0. The van der Waals surface area contributed by atoms with Crippen molar-refractivity contribution in [3.63, 3.8) is 0 Å². The van der Waals surface area contributed by atoms with Crippen LogP contribution in [0.15, 0.2) is 18.2 Å². The van der Waals surface area contributed by atoms with Gasteiger partial charge in [-0.05, 0) is 45.4 Å². The van der Waals surface area contributed by atoms with Crippen molar-refractivity contribution in [2.75, 3.05) is 18.5 Å². The molecule has 1 aliphatic heterocycles. The Bertz CT molecular complexity index is 373. The van der Waals surface area contributed by atoms with E-state index in [0.29, 0.717) is 12.1 Å². The van der Waals surface area contributed by atoms with Crippen LogP contribution in [0.2, 0.25) is 0 Å². The zero-order valence-corrected chi connectivity index (χ0v) is 10.7. The lowest BCUT2D eigenvalue weighted by atomic mass is 10.0. The van der Waals surface area contributed by atoms with Gasteiger partial charge in [0.1, 0.15) is 0 Å². The van der Waals surface area contributed by atoms with E-state index in [1.807, 2.05) is 7.05 Å². The first-order valence-electron chi connectivity index (χ1n) is 6.24. The molecule has 2 unspecified atom stereocenters. The van der Waals surface area contributed by atoms with Crippen molar-refractivity contribution in [1.82, 2.24) is 5.32 Å². The first-order valence-corrected chi connectivity index (χ1v) is 6.24. The third-order valence-corrected chi connectivity index (χ3v) is 3.73. The molecule has 2 rings (SSSR count). The minimum atomic E-state index is 0.425. The smallest absolute Gasteiger partial charge is 0.0450 e. The van der Waals surface area contributed by atoms with Gasteiger partial charge in [-0.25, -0.2) is 0 Å². The van der Waals surface area contributed by atoms with Gasteiger partial charge in [0.2, 0.25) is 0 Å². The molecule has 2 nitrogen and oxygen atoms in total. The maximum Gasteiger partial charge on any atom is 0.0450 e. The van der Waals surface area contributed by atoms with E-state index >= 15 is 0 Å². The monoisotopic (exact) mass is 218 g/mol. The predicted molar refractivity (Wildman–Crippen MR) is 70.1 cm³/mol. The second kappa shape index (κ2) is 4.46. The summed E-state index contributed by atoms with van der Waals surface area (Å²) in [5.41, 5.74) is 4.42. The average molecular weight is 218 g/mol. The summed E-state index contributed by atoms with van der Waals surface area (Å²) in [6.45, 7) is 7.89. The van der Waals surface area contributed by atoms with Crippen molar-refractivity contribution >= 4 is 5.69 Å². The first-order chi connectivity index (χ1) is 7.69. The van der Waals surface area contributed by atoms with E-state index in [2.05, 4.69) is 49.2 Å². The van der Waals surface area contributed by atoms with Gasteiger partial charge in [0.15, 0.2) is 0 Å². The molecule has 0 spiro atoms. The van der Waals surface area contributed by atoms with Crippen LogP contribution in [0.1, 0.15) is 37.9 Å². The molecule has 0 fully saturated rings.